The largest absolute Gasteiger partial charge is 0.456 e. The molecule has 0 spiro atoms. The monoisotopic (exact) mass is 716 g/mol. The minimum Gasteiger partial charge on any atom is -0.456 e. The van der Waals surface area contributed by atoms with E-state index in [0.717, 1.165) is 77.1 Å². The summed E-state index contributed by atoms with van der Waals surface area (Å²) in [6.07, 6.45) is 0. The summed E-state index contributed by atoms with van der Waals surface area (Å²) >= 11 is 0. The van der Waals surface area contributed by atoms with Crippen LogP contribution in [0, 0.1) is 0 Å². The Kier molecular flexibility index (Phi) is 7.42. The lowest BCUT2D eigenvalue weighted by Crippen LogP contribution is -2.06. The number of nitrogens with zero attached hydrogens (tertiary/aromatic N) is 4. The van der Waals surface area contributed by atoms with Crippen LogP contribution >= 0.6 is 0 Å². The van der Waals surface area contributed by atoms with Crippen LogP contribution in [0.25, 0.3) is 106 Å². The first-order valence-corrected chi connectivity index (χ1v) is 18.8. The van der Waals surface area contributed by atoms with Crippen LogP contribution in [0.5, 0.6) is 0 Å². The molecule has 3 aromatic heterocycles. The van der Waals surface area contributed by atoms with Crippen molar-refractivity contribution in [2.45, 2.75) is 0 Å². The molecule has 0 saturated carbocycles. The summed E-state index contributed by atoms with van der Waals surface area (Å²) in [5, 5.41) is 4.55. The van der Waals surface area contributed by atoms with Gasteiger partial charge in [0.05, 0.1) is 11.0 Å². The Bertz CT molecular complexity index is 3180. The zero-order valence-corrected chi connectivity index (χ0v) is 30.2. The third-order valence-corrected chi connectivity index (χ3v) is 10.7. The molecule has 0 amide bonds. The Morgan fingerprint density at radius 2 is 0.714 bits per heavy atom. The molecule has 0 aliphatic heterocycles. The SMILES string of the molecule is c1ccc(-c2ccc3oc4ccc(-c5cccc(-c6ccc(-c7nc(-c8ccccc8)nc(-n8c9ccccc9c9ccccc98)n7)cc6)c5)cc4c3c2)cc1. The lowest BCUT2D eigenvalue weighted by molar-refractivity contribution is 0.669. The molecule has 0 bridgehead atoms. The van der Waals surface area contributed by atoms with Crippen molar-refractivity contribution in [2.75, 3.05) is 0 Å². The fourth-order valence-electron chi connectivity index (χ4n) is 7.91. The number of benzene rings is 8. The standard InChI is InChI=1S/C51H32N4O/c1-3-12-33(13-4-1)39-26-28-47-43(31-39)44-32-40(27-29-48(44)56-47)38-17-11-16-37(30-38)34-22-24-36(25-23-34)50-52-49(35-14-5-2-6-15-35)53-51(54-50)55-45-20-9-7-18-41(45)42-19-8-10-21-46(42)55/h1-32H. The highest BCUT2D eigenvalue weighted by Crippen LogP contribution is 2.37. The molecular weight excluding hydrogens is 685 g/mol. The van der Waals surface area contributed by atoms with Gasteiger partial charge in [-0.15, -0.1) is 0 Å². The van der Waals surface area contributed by atoms with Crippen molar-refractivity contribution in [1.29, 1.82) is 0 Å². The summed E-state index contributed by atoms with van der Waals surface area (Å²) < 4.78 is 8.40. The molecule has 0 atom stereocenters. The highest BCUT2D eigenvalue weighted by atomic mass is 16.3. The quantitative estimate of drug-likeness (QED) is 0.172. The topological polar surface area (TPSA) is 56.7 Å². The van der Waals surface area contributed by atoms with Gasteiger partial charge >= 0.3 is 0 Å². The van der Waals surface area contributed by atoms with Crippen molar-refractivity contribution < 1.29 is 4.42 Å². The van der Waals surface area contributed by atoms with Gasteiger partial charge < -0.3 is 4.42 Å². The molecule has 262 valence electrons. The molecule has 0 aliphatic rings. The van der Waals surface area contributed by atoms with Gasteiger partial charge in [-0.1, -0.05) is 152 Å². The summed E-state index contributed by atoms with van der Waals surface area (Å²) in [7, 11) is 0. The zero-order valence-electron chi connectivity index (χ0n) is 30.2. The van der Waals surface area contributed by atoms with Crippen molar-refractivity contribution in [3.63, 3.8) is 0 Å². The number of fused-ring (bicyclic) bond motifs is 6. The second-order valence-electron chi connectivity index (χ2n) is 14.1. The molecule has 8 aromatic carbocycles. The average Bonchev–Trinajstić information content (AvgIpc) is 3.82. The summed E-state index contributed by atoms with van der Waals surface area (Å²) in [4.78, 5) is 15.2. The van der Waals surface area contributed by atoms with Gasteiger partial charge in [0.15, 0.2) is 11.6 Å². The summed E-state index contributed by atoms with van der Waals surface area (Å²) in [6.45, 7) is 0. The molecule has 0 fully saturated rings. The third kappa shape index (κ3) is 5.45. The fraction of sp³-hybridized carbons (Fsp3) is 0. The van der Waals surface area contributed by atoms with Crippen LogP contribution in [0.3, 0.4) is 0 Å². The lowest BCUT2D eigenvalue weighted by Gasteiger charge is -2.11. The van der Waals surface area contributed by atoms with E-state index >= 15 is 0 Å². The molecule has 0 N–H and O–H groups in total. The van der Waals surface area contributed by atoms with Crippen molar-refractivity contribution in [3.05, 3.63) is 194 Å². The number of para-hydroxylation sites is 2. The summed E-state index contributed by atoms with van der Waals surface area (Å²) in [5.41, 5.74) is 12.6. The van der Waals surface area contributed by atoms with E-state index in [4.69, 9.17) is 19.4 Å². The molecule has 0 radical (unpaired) electrons. The highest BCUT2D eigenvalue weighted by Gasteiger charge is 2.18. The fourth-order valence-corrected chi connectivity index (χ4v) is 7.91. The van der Waals surface area contributed by atoms with E-state index in [1.807, 2.05) is 36.4 Å². The van der Waals surface area contributed by atoms with Crippen molar-refractivity contribution in [2.24, 2.45) is 0 Å². The molecule has 3 heterocycles. The smallest absolute Gasteiger partial charge is 0.238 e. The van der Waals surface area contributed by atoms with Crippen LogP contribution in [-0.2, 0) is 0 Å². The minimum absolute atomic E-state index is 0.585. The number of aromatic nitrogens is 4. The van der Waals surface area contributed by atoms with E-state index in [1.54, 1.807) is 0 Å². The summed E-state index contributed by atoms with van der Waals surface area (Å²) in [6, 6.07) is 67.6. The normalized spacial score (nSPS) is 11.6. The molecule has 5 nitrogen and oxygen atoms in total. The molecule has 56 heavy (non-hydrogen) atoms. The molecule has 5 heteroatoms. The van der Waals surface area contributed by atoms with Crippen LogP contribution in [0.4, 0.5) is 0 Å². The van der Waals surface area contributed by atoms with Gasteiger partial charge in [-0.05, 0) is 75.8 Å². The maximum atomic E-state index is 6.26. The molecule has 0 unspecified atom stereocenters. The predicted molar refractivity (Wildman–Crippen MR) is 229 cm³/mol. The van der Waals surface area contributed by atoms with E-state index in [9.17, 15) is 0 Å². The first kappa shape index (κ1) is 31.9. The van der Waals surface area contributed by atoms with Crippen LogP contribution < -0.4 is 0 Å². The average molecular weight is 717 g/mol. The van der Waals surface area contributed by atoms with E-state index in [-0.39, 0.29) is 0 Å². The number of rotatable bonds is 6. The second kappa shape index (κ2) is 13.0. The molecular formula is C51H32N4O. The van der Waals surface area contributed by atoms with Gasteiger partial charge in [0.25, 0.3) is 0 Å². The zero-order chi connectivity index (χ0) is 37.0. The lowest BCUT2D eigenvalue weighted by atomic mass is 9.97. The molecule has 0 saturated heterocycles. The maximum Gasteiger partial charge on any atom is 0.238 e. The van der Waals surface area contributed by atoms with Crippen LogP contribution in [0.15, 0.2) is 199 Å². The Balaban J connectivity index is 0.968. The molecule has 11 aromatic rings. The van der Waals surface area contributed by atoms with Gasteiger partial charge in [0, 0.05) is 32.7 Å². The van der Waals surface area contributed by atoms with Gasteiger partial charge in [0.1, 0.15) is 11.2 Å². The van der Waals surface area contributed by atoms with Crippen molar-refractivity contribution in [1.82, 2.24) is 19.5 Å². The first-order chi connectivity index (χ1) is 27.7. The second-order valence-corrected chi connectivity index (χ2v) is 14.1. The van der Waals surface area contributed by atoms with Crippen LogP contribution in [0.1, 0.15) is 0 Å². The minimum atomic E-state index is 0.585. The van der Waals surface area contributed by atoms with Gasteiger partial charge in [-0.3, -0.25) is 4.57 Å². The molecule has 0 aliphatic carbocycles. The van der Waals surface area contributed by atoms with Crippen molar-refractivity contribution >= 4 is 43.7 Å². The van der Waals surface area contributed by atoms with Gasteiger partial charge in [-0.2, -0.15) is 9.97 Å². The van der Waals surface area contributed by atoms with Crippen LogP contribution in [0.2, 0.25) is 0 Å². The van der Waals surface area contributed by atoms with E-state index in [1.165, 1.54) is 11.1 Å². The predicted octanol–water partition coefficient (Wildman–Crippen LogP) is 13.2. The Hall–Kier alpha value is -7.63. The van der Waals surface area contributed by atoms with E-state index in [0.29, 0.717) is 17.6 Å². The highest BCUT2D eigenvalue weighted by molar-refractivity contribution is 6.09. The third-order valence-electron chi connectivity index (χ3n) is 10.7. The maximum absolute atomic E-state index is 6.26. The Morgan fingerprint density at radius 3 is 1.32 bits per heavy atom. The van der Waals surface area contributed by atoms with E-state index < -0.39 is 0 Å². The van der Waals surface area contributed by atoms with Gasteiger partial charge in [-0.25, -0.2) is 4.98 Å². The first-order valence-electron chi connectivity index (χ1n) is 18.8. The number of hydrogen-bond acceptors (Lipinski definition) is 4. The van der Waals surface area contributed by atoms with E-state index in [2.05, 4.69) is 162 Å². The molecule has 11 rings (SSSR count). The van der Waals surface area contributed by atoms with Gasteiger partial charge in [0.2, 0.25) is 5.95 Å². The summed E-state index contributed by atoms with van der Waals surface area (Å²) in [5.74, 6) is 1.83. The Morgan fingerprint density at radius 1 is 0.304 bits per heavy atom. The number of furan rings is 1. The van der Waals surface area contributed by atoms with Crippen LogP contribution in [-0.4, -0.2) is 19.5 Å². The number of hydrogen-bond donors (Lipinski definition) is 0. The Labute approximate surface area is 322 Å². The van der Waals surface area contributed by atoms with Crippen molar-refractivity contribution in [3.8, 4) is 62.1 Å².